The molecule has 3 nitrogen and oxygen atoms in total. The molecule has 0 saturated carbocycles. The summed E-state index contributed by atoms with van der Waals surface area (Å²) in [6, 6.07) is 18.1. The van der Waals surface area contributed by atoms with Gasteiger partial charge in [-0.15, -0.1) is 0 Å². The number of rotatable bonds is 3. The fourth-order valence-corrected chi connectivity index (χ4v) is 5.78. The van der Waals surface area contributed by atoms with Crippen LogP contribution >= 0.6 is 0 Å². The summed E-state index contributed by atoms with van der Waals surface area (Å²) in [6.45, 7) is 6.87. The molecule has 0 spiro atoms. The third-order valence-corrected chi connectivity index (χ3v) is 7.03. The number of likely N-dealkylation sites (tertiary alicyclic amines) is 1. The molecule has 6 rings (SSSR count). The van der Waals surface area contributed by atoms with E-state index >= 15 is 0 Å². The molecule has 2 aromatic carbocycles. The fourth-order valence-electron chi connectivity index (χ4n) is 5.78. The first kappa shape index (κ1) is 16.3. The first-order valence-electron chi connectivity index (χ1n) is 10.0. The van der Waals surface area contributed by atoms with Gasteiger partial charge in [-0.25, -0.2) is 0 Å². The Labute approximate surface area is 156 Å². The molecule has 4 aliphatic rings. The van der Waals surface area contributed by atoms with Gasteiger partial charge in [0.25, 0.3) is 0 Å². The Hall–Kier alpha value is -1.84. The quantitative estimate of drug-likeness (QED) is 0.915. The van der Waals surface area contributed by atoms with Crippen LogP contribution in [-0.2, 0) is 6.54 Å². The van der Waals surface area contributed by atoms with Gasteiger partial charge in [-0.05, 0) is 67.6 Å². The molecule has 0 amide bonds. The van der Waals surface area contributed by atoms with E-state index in [4.69, 9.17) is 0 Å². The molecule has 3 heteroatoms. The predicted octanol–water partition coefficient (Wildman–Crippen LogP) is 3.76. The second-order valence-electron chi connectivity index (χ2n) is 8.41. The lowest BCUT2D eigenvalue weighted by Gasteiger charge is -2.51. The molecule has 26 heavy (non-hydrogen) atoms. The van der Waals surface area contributed by atoms with Crippen LogP contribution < -0.4 is 0 Å². The van der Waals surface area contributed by atoms with Crippen molar-refractivity contribution in [1.82, 2.24) is 9.80 Å². The smallest absolute Gasteiger partial charge is 0.115 e. The first-order valence-corrected chi connectivity index (χ1v) is 10.0. The van der Waals surface area contributed by atoms with Gasteiger partial charge in [0.05, 0.1) is 0 Å². The zero-order valence-corrected chi connectivity index (χ0v) is 15.5. The van der Waals surface area contributed by atoms with Gasteiger partial charge in [0.1, 0.15) is 5.75 Å². The molecule has 2 bridgehead atoms. The predicted molar refractivity (Wildman–Crippen MR) is 104 cm³/mol. The maximum atomic E-state index is 10.0. The van der Waals surface area contributed by atoms with Crippen molar-refractivity contribution in [3.8, 4) is 5.75 Å². The number of piperidine rings is 3. The number of hydrogen-bond donors (Lipinski definition) is 1. The van der Waals surface area contributed by atoms with E-state index in [1.807, 2.05) is 12.1 Å². The minimum absolute atomic E-state index is 0.396. The molecule has 136 valence electrons. The summed E-state index contributed by atoms with van der Waals surface area (Å²) in [5.74, 6) is 1.72. The average molecular weight is 348 g/mol. The van der Waals surface area contributed by atoms with Gasteiger partial charge in [-0.3, -0.25) is 9.80 Å². The van der Waals surface area contributed by atoms with Crippen molar-refractivity contribution in [2.24, 2.45) is 5.92 Å². The third kappa shape index (κ3) is 2.65. The van der Waals surface area contributed by atoms with E-state index < -0.39 is 0 Å². The van der Waals surface area contributed by atoms with Crippen molar-refractivity contribution in [3.05, 3.63) is 65.2 Å². The molecule has 4 fully saturated rings. The van der Waals surface area contributed by atoms with E-state index in [1.165, 1.54) is 42.6 Å². The number of aromatic hydroxyl groups is 1. The normalized spacial score (nSPS) is 33.3. The number of nitrogens with zero attached hydrogens (tertiary/aromatic N) is 2. The molecule has 4 saturated heterocycles. The summed E-state index contributed by atoms with van der Waals surface area (Å²) >= 11 is 0. The first-order chi connectivity index (χ1) is 12.7. The van der Waals surface area contributed by atoms with E-state index in [-0.39, 0.29) is 0 Å². The van der Waals surface area contributed by atoms with Crippen molar-refractivity contribution in [2.75, 3.05) is 19.6 Å². The van der Waals surface area contributed by atoms with Crippen molar-refractivity contribution >= 4 is 0 Å². The Morgan fingerprint density at radius 2 is 1.81 bits per heavy atom. The summed E-state index contributed by atoms with van der Waals surface area (Å²) in [6.07, 6.45) is 2.69. The Morgan fingerprint density at radius 1 is 1.00 bits per heavy atom. The Kier molecular flexibility index (Phi) is 4.02. The number of benzene rings is 2. The van der Waals surface area contributed by atoms with Crippen LogP contribution in [-0.4, -0.2) is 46.6 Å². The maximum Gasteiger partial charge on any atom is 0.115 e. The van der Waals surface area contributed by atoms with Crippen molar-refractivity contribution in [1.29, 1.82) is 0 Å². The molecule has 3 atom stereocenters. The summed E-state index contributed by atoms with van der Waals surface area (Å²) in [5, 5.41) is 10.0. The van der Waals surface area contributed by atoms with Crippen LogP contribution in [0, 0.1) is 12.8 Å². The highest BCUT2D eigenvalue weighted by molar-refractivity contribution is 5.34. The minimum atomic E-state index is 0.396. The van der Waals surface area contributed by atoms with Gasteiger partial charge < -0.3 is 5.11 Å². The highest BCUT2D eigenvalue weighted by Gasteiger charge is 2.53. The second kappa shape index (κ2) is 6.40. The molecular weight excluding hydrogens is 320 g/mol. The molecule has 4 aliphatic heterocycles. The van der Waals surface area contributed by atoms with Gasteiger partial charge in [0.15, 0.2) is 0 Å². The lowest BCUT2D eigenvalue weighted by molar-refractivity contribution is -0.00873. The molecule has 0 aromatic heterocycles. The fraction of sp³-hybridized carbons (Fsp3) is 0.478. The van der Waals surface area contributed by atoms with Crippen LogP contribution in [0.5, 0.6) is 5.75 Å². The van der Waals surface area contributed by atoms with Gasteiger partial charge in [-0.2, -0.15) is 0 Å². The second-order valence-corrected chi connectivity index (χ2v) is 8.41. The lowest BCUT2D eigenvalue weighted by Crippen LogP contribution is -2.60. The van der Waals surface area contributed by atoms with Gasteiger partial charge in [0.2, 0.25) is 0 Å². The van der Waals surface area contributed by atoms with Crippen LogP contribution in [0.3, 0.4) is 0 Å². The lowest BCUT2D eigenvalue weighted by atomic mass is 9.75. The average Bonchev–Trinajstić information content (AvgIpc) is 3.06. The molecule has 2 aromatic rings. The molecule has 0 unspecified atom stereocenters. The van der Waals surface area contributed by atoms with Gasteiger partial charge in [-0.1, -0.05) is 36.4 Å². The van der Waals surface area contributed by atoms with Crippen molar-refractivity contribution in [3.63, 3.8) is 0 Å². The zero-order chi connectivity index (χ0) is 17.7. The number of phenols is 1. The van der Waals surface area contributed by atoms with Gasteiger partial charge >= 0.3 is 0 Å². The summed E-state index contributed by atoms with van der Waals surface area (Å²) in [7, 11) is 0. The largest absolute Gasteiger partial charge is 0.508 e. The molecule has 0 aliphatic carbocycles. The minimum Gasteiger partial charge on any atom is -0.508 e. The summed E-state index contributed by atoms with van der Waals surface area (Å²) in [4.78, 5) is 5.48. The Balaban J connectivity index is 1.49. The third-order valence-electron chi connectivity index (χ3n) is 7.03. The van der Waals surface area contributed by atoms with Crippen LogP contribution in [0.4, 0.5) is 0 Å². The SMILES string of the molecule is Cc1ccccc1CN1C[C@H](c2cccc(O)c2)[C@H]2[C@@H]1C1CCN2CC1. The van der Waals surface area contributed by atoms with E-state index in [1.54, 1.807) is 6.07 Å². The van der Waals surface area contributed by atoms with Crippen molar-refractivity contribution < 1.29 is 5.11 Å². The van der Waals surface area contributed by atoms with E-state index in [0.717, 1.165) is 19.0 Å². The number of aryl methyl sites for hydroxylation is 1. The van der Waals surface area contributed by atoms with E-state index in [2.05, 4.69) is 47.1 Å². The number of phenolic OH excluding ortho intramolecular Hbond substituents is 1. The summed E-state index contributed by atoms with van der Waals surface area (Å²) < 4.78 is 0. The zero-order valence-electron chi connectivity index (χ0n) is 15.5. The van der Waals surface area contributed by atoms with E-state index in [0.29, 0.717) is 23.8 Å². The van der Waals surface area contributed by atoms with E-state index in [9.17, 15) is 5.11 Å². The Morgan fingerprint density at radius 3 is 2.58 bits per heavy atom. The standard InChI is InChI=1S/C23H28N2O/c1-16-5-2-3-6-19(16)14-25-15-21(18-7-4-8-20(26)13-18)23-22(25)17-9-11-24(23)12-10-17/h2-8,13,17,21-23,26H,9-12,14-15H2,1H3/t21-,22+,23+/m1/s1. The van der Waals surface area contributed by atoms with Crippen LogP contribution in [0.1, 0.15) is 35.4 Å². The molecule has 1 N–H and O–H groups in total. The monoisotopic (exact) mass is 348 g/mol. The molecular formula is C23H28N2O. The Bertz CT molecular complexity index is 796. The highest BCUT2D eigenvalue weighted by Crippen LogP contribution is 2.47. The van der Waals surface area contributed by atoms with Crippen LogP contribution in [0.2, 0.25) is 0 Å². The highest BCUT2D eigenvalue weighted by atomic mass is 16.3. The molecule has 4 heterocycles. The maximum absolute atomic E-state index is 10.0. The van der Waals surface area contributed by atoms with Crippen molar-refractivity contribution in [2.45, 2.75) is 44.3 Å². The molecule has 0 radical (unpaired) electrons. The number of fused-ring (bicyclic) bond motifs is 2. The van der Waals surface area contributed by atoms with Crippen LogP contribution in [0.25, 0.3) is 0 Å². The van der Waals surface area contributed by atoms with Crippen LogP contribution in [0.15, 0.2) is 48.5 Å². The summed E-state index contributed by atoms with van der Waals surface area (Å²) in [5.41, 5.74) is 4.16. The van der Waals surface area contributed by atoms with Gasteiger partial charge in [0, 0.05) is 31.1 Å². The topological polar surface area (TPSA) is 26.7 Å². The number of hydrogen-bond acceptors (Lipinski definition) is 3.